The molecule has 2 aromatic heterocycles. The maximum Gasteiger partial charge on any atom is 0.106 e. The van der Waals surface area contributed by atoms with Gasteiger partial charge in [-0.25, -0.2) is 0 Å². The molecule has 0 spiro atoms. The number of aryl methyl sites for hydroxylation is 3. The maximum atomic E-state index is 10.3. The van der Waals surface area contributed by atoms with Crippen molar-refractivity contribution in [3.63, 3.8) is 0 Å². The molecular formula is C14H19BrN2O2. The van der Waals surface area contributed by atoms with Crippen molar-refractivity contribution >= 4 is 15.9 Å². The fraction of sp³-hybridized carbons (Fsp3) is 0.500. The summed E-state index contributed by atoms with van der Waals surface area (Å²) in [6.45, 7) is 6.79. The van der Waals surface area contributed by atoms with E-state index in [9.17, 15) is 5.11 Å². The first kappa shape index (κ1) is 14.3. The molecule has 0 fully saturated rings. The Morgan fingerprint density at radius 3 is 2.74 bits per heavy atom. The molecule has 0 aliphatic rings. The lowest BCUT2D eigenvalue weighted by Crippen LogP contribution is -2.09. The molecule has 5 heteroatoms. The summed E-state index contributed by atoms with van der Waals surface area (Å²) in [6, 6.07) is 1.82. The van der Waals surface area contributed by atoms with Crippen LogP contribution < -0.4 is 0 Å². The first-order valence-corrected chi connectivity index (χ1v) is 7.33. The molecule has 0 amide bonds. The molecule has 0 saturated carbocycles. The maximum absolute atomic E-state index is 10.3. The third-order valence-corrected chi connectivity index (χ3v) is 4.25. The zero-order chi connectivity index (χ0) is 14.0. The van der Waals surface area contributed by atoms with Gasteiger partial charge in [0.2, 0.25) is 0 Å². The van der Waals surface area contributed by atoms with Crippen molar-refractivity contribution in [3.8, 4) is 0 Å². The highest BCUT2D eigenvalue weighted by molar-refractivity contribution is 9.10. The van der Waals surface area contributed by atoms with Gasteiger partial charge in [-0.15, -0.1) is 0 Å². The number of aliphatic hydroxyl groups excluding tert-OH is 1. The quantitative estimate of drug-likeness (QED) is 0.916. The van der Waals surface area contributed by atoms with Crippen LogP contribution in [0.3, 0.4) is 0 Å². The zero-order valence-electron chi connectivity index (χ0n) is 11.5. The number of halogens is 1. The van der Waals surface area contributed by atoms with Gasteiger partial charge in [0.15, 0.2) is 0 Å². The number of rotatable bonds is 5. The summed E-state index contributed by atoms with van der Waals surface area (Å²) in [5.41, 5.74) is 2.91. The van der Waals surface area contributed by atoms with Gasteiger partial charge in [-0.05, 0) is 42.3 Å². The van der Waals surface area contributed by atoms with E-state index in [1.807, 2.05) is 17.7 Å². The number of aromatic nitrogens is 2. The van der Waals surface area contributed by atoms with E-state index in [2.05, 4.69) is 34.9 Å². The van der Waals surface area contributed by atoms with E-state index in [-0.39, 0.29) is 0 Å². The molecule has 19 heavy (non-hydrogen) atoms. The van der Waals surface area contributed by atoms with E-state index in [1.165, 1.54) is 0 Å². The zero-order valence-corrected chi connectivity index (χ0v) is 13.1. The lowest BCUT2D eigenvalue weighted by molar-refractivity contribution is 0.173. The largest absolute Gasteiger partial charge is 0.469 e. The van der Waals surface area contributed by atoms with Gasteiger partial charge in [0.05, 0.1) is 28.2 Å². The second-order valence-electron chi connectivity index (χ2n) is 4.53. The molecular weight excluding hydrogens is 308 g/mol. The second kappa shape index (κ2) is 5.92. The van der Waals surface area contributed by atoms with Gasteiger partial charge in [0, 0.05) is 18.5 Å². The number of nitrogens with zero attached hydrogens (tertiary/aromatic N) is 2. The van der Waals surface area contributed by atoms with Crippen LogP contribution in [0, 0.1) is 6.92 Å². The lowest BCUT2D eigenvalue weighted by atomic mass is 10.1. The number of hydrogen-bond donors (Lipinski definition) is 1. The predicted molar refractivity (Wildman–Crippen MR) is 77.1 cm³/mol. The third-order valence-electron chi connectivity index (χ3n) is 3.34. The van der Waals surface area contributed by atoms with Crippen molar-refractivity contribution in [1.82, 2.24) is 9.78 Å². The van der Waals surface area contributed by atoms with Crippen molar-refractivity contribution in [2.24, 2.45) is 0 Å². The Morgan fingerprint density at radius 1 is 1.47 bits per heavy atom. The summed E-state index contributed by atoms with van der Waals surface area (Å²) in [5, 5.41) is 14.9. The first-order chi connectivity index (χ1) is 9.08. The van der Waals surface area contributed by atoms with Crippen LogP contribution in [-0.2, 0) is 19.4 Å². The van der Waals surface area contributed by atoms with Crippen LogP contribution in [0.1, 0.15) is 42.7 Å². The van der Waals surface area contributed by atoms with E-state index < -0.39 is 6.10 Å². The minimum atomic E-state index is -0.568. The van der Waals surface area contributed by atoms with E-state index in [0.29, 0.717) is 6.42 Å². The summed E-state index contributed by atoms with van der Waals surface area (Å²) in [5.74, 6) is 0.766. The number of aliphatic hydroxyl groups is 1. The van der Waals surface area contributed by atoms with Gasteiger partial charge in [-0.3, -0.25) is 4.68 Å². The van der Waals surface area contributed by atoms with Crippen LogP contribution in [-0.4, -0.2) is 14.9 Å². The van der Waals surface area contributed by atoms with Crippen LogP contribution >= 0.6 is 15.9 Å². The van der Waals surface area contributed by atoms with Crippen LogP contribution in [0.2, 0.25) is 0 Å². The van der Waals surface area contributed by atoms with Crippen molar-refractivity contribution in [1.29, 1.82) is 0 Å². The molecule has 0 aromatic carbocycles. The second-order valence-corrected chi connectivity index (χ2v) is 5.32. The van der Waals surface area contributed by atoms with Crippen LogP contribution in [0.5, 0.6) is 0 Å². The molecule has 0 saturated heterocycles. The molecule has 0 aliphatic heterocycles. The summed E-state index contributed by atoms with van der Waals surface area (Å²) >= 11 is 3.60. The molecule has 1 unspecified atom stereocenters. The highest BCUT2D eigenvalue weighted by atomic mass is 79.9. The van der Waals surface area contributed by atoms with E-state index in [1.54, 1.807) is 6.26 Å². The molecule has 2 heterocycles. The summed E-state index contributed by atoms with van der Waals surface area (Å²) in [7, 11) is 0. The Hall–Kier alpha value is -1.07. The third kappa shape index (κ3) is 2.77. The first-order valence-electron chi connectivity index (χ1n) is 6.54. The minimum absolute atomic E-state index is 0.530. The van der Waals surface area contributed by atoms with Crippen LogP contribution in [0.4, 0.5) is 0 Å². The van der Waals surface area contributed by atoms with Gasteiger partial charge in [-0.1, -0.05) is 6.92 Å². The van der Waals surface area contributed by atoms with Gasteiger partial charge < -0.3 is 9.52 Å². The molecule has 2 aromatic rings. The minimum Gasteiger partial charge on any atom is -0.469 e. The predicted octanol–water partition coefficient (Wildman–Crippen LogP) is 3.41. The lowest BCUT2D eigenvalue weighted by Gasteiger charge is -2.11. The number of furan rings is 1. The molecule has 104 valence electrons. The van der Waals surface area contributed by atoms with Crippen molar-refractivity contribution < 1.29 is 9.52 Å². The summed E-state index contributed by atoms with van der Waals surface area (Å²) in [4.78, 5) is 0. The molecule has 0 aliphatic carbocycles. The topological polar surface area (TPSA) is 51.2 Å². The van der Waals surface area contributed by atoms with Crippen LogP contribution in [0.25, 0.3) is 0 Å². The van der Waals surface area contributed by atoms with Crippen LogP contribution in [0.15, 0.2) is 21.2 Å². The van der Waals surface area contributed by atoms with Gasteiger partial charge in [-0.2, -0.15) is 5.10 Å². The molecule has 1 atom stereocenters. The summed E-state index contributed by atoms with van der Waals surface area (Å²) in [6.07, 6.45) is 2.45. The standard InChI is InChI=1S/C14H19BrN2O2/c1-4-11-14(15)12(17(5-2)16-11)8-13(18)10-6-7-19-9(10)3/h6-7,13,18H,4-5,8H2,1-3H3. The Morgan fingerprint density at radius 2 is 2.21 bits per heavy atom. The fourth-order valence-electron chi connectivity index (χ4n) is 2.25. The average molecular weight is 327 g/mol. The van der Waals surface area contributed by atoms with Gasteiger partial charge in [0.25, 0.3) is 0 Å². The SMILES string of the molecule is CCc1nn(CC)c(CC(O)c2ccoc2C)c1Br. The van der Waals surface area contributed by atoms with E-state index in [4.69, 9.17) is 4.42 Å². The van der Waals surface area contributed by atoms with Crippen molar-refractivity contribution in [2.75, 3.05) is 0 Å². The van der Waals surface area contributed by atoms with Crippen molar-refractivity contribution in [3.05, 3.63) is 39.5 Å². The fourth-order valence-corrected chi connectivity index (χ4v) is 2.97. The molecule has 1 N–H and O–H groups in total. The Labute approximate surface area is 121 Å². The Kier molecular flexibility index (Phi) is 4.47. The van der Waals surface area contributed by atoms with E-state index >= 15 is 0 Å². The smallest absolute Gasteiger partial charge is 0.106 e. The molecule has 0 radical (unpaired) electrons. The number of hydrogen-bond acceptors (Lipinski definition) is 3. The molecule has 0 bridgehead atoms. The summed E-state index contributed by atoms with van der Waals surface area (Å²) < 4.78 is 8.20. The monoisotopic (exact) mass is 326 g/mol. The Bertz CT molecular complexity index is 560. The van der Waals surface area contributed by atoms with Gasteiger partial charge >= 0.3 is 0 Å². The van der Waals surface area contributed by atoms with Gasteiger partial charge in [0.1, 0.15) is 5.76 Å². The normalized spacial score (nSPS) is 12.9. The van der Waals surface area contributed by atoms with Crippen molar-refractivity contribution in [2.45, 2.75) is 46.3 Å². The Balaban J connectivity index is 2.28. The highest BCUT2D eigenvalue weighted by Crippen LogP contribution is 2.28. The highest BCUT2D eigenvalue weighted by Gasteiger charge is 2.20. The molecule has 2 rings (SSSR count). The average Bonchev–Trinajstić information content (AvgIpc) is 2.95. The van der Waals surface area contributed by atoms with E-state index in [0.717, 1.165) is 40.1 Å². The molecule has 4 nitrogen and oxygen atoms in total.